The lowest BCUT2D eigenvalue weighted by Crippen LogP contribution is -2.22. The molecule has 0 amide bonds. The summed E-state index contributed by atoms with van der Waals surface area (Å²) < 4.78 is 20.1. The van der Waals surface area contributed by atoms with Crippen molar-refractivity contribution >= 4 is 6.09 Å². The standard InChI is InChI=1S/C19H25FN2O2/c1-13-7-6-8-16(14(13)2)15(3)17-21-10-11-22(17)18(23)24-12-9-19(4,5)20/h6-8,10-11,15H,9,12H2,1-5H3/t15-/m0/s1. The van der Waals surface area contributed by atoms with Crippen LogP contribution in [0.4, 0.5) is 9.18 Å². The number of benzene rings is 1. The van der Waals surface area contributed by atoms with E-state index < -0.39 is 11.8 Å². The fourth-order valence-electron chi connectivity index (χ4n) is 2.62. The van der Waals surface area contributed by atoms with Gasteiger partial charge in [0.05, 0.1) is 6.61 Å². The predicted octanol–water partition coefficient (Wildman–Crippen LogP) is 4.77. The Labute approximate surface area is 142 Å². The van der Waals surface area contributed by atoms with Crippen LogP contribution in [0.25, 0.3) is 0 Å². The molecule has 0 N–H and O–H groups in total. The number of halogens is 1. The molecule has 4 nitrogen and oxygen atoms in total. The van der Waals surface area contributed by atoms with Gasteiger partial charge in [-0.15, -0.1) is 0 Å². The zero-order valence-corrected chi connectivity index (χ0v) is 15.0. The van der Waals surface area contributed by atoms with Crippen molar-refractivity contribution in [3.05, 3.63) is 53.1 Å². The van der Waals surface area contributed by atoms with Gasteiger partial charge in [0.25, 0.3) is 0 Å². The minimum Gasteiger partial charge on any atom is -0.449 e. The van der Waals surface area contributed by atoms with E-state index in [2.05, 4.69) is 24.9 Å². The summed E-state index contributed by atoms with van der Waals surface area (Å²) in [7, 11) is 0. The Morgan fingerprint density at radius 1 is 1.38 bits per heavy atom. The van der Waals surface area contributed by atoms with Gasteiger partial charge in [0.15, 0.2) is 0 Å². The van der Waals surface area contributed by atoms with E-state index in [4.69, 9.17) is 4.74 Å². The van der Waals surface area contributed by atoms with Crippen LogP contribution >= 0.6 is 0 Å². The third-order valence-corrected chi connectivity index (χ3v) is 4.29. The van der Waals surface area contributed by atoms with Crippen molar-refractivity contribution in [1.82, 2.24) is 9.55 Å². The first kappa shape index (κ1) is 18.2. The highest BCUT2D eigenvalue weighted by atomic mass is 19.1. The molecule has 0 aliphatic heterocycles. The van der Waals surface area contributed by atoms with E-state index >= 15 is 0 Å². The molecule has 24 heavy (non-hydrogen) atoms. The molecule has 1 atom stereocenters. The number of imidazole rings is 1. The highest BCUT2D eigenvalue weighted by Gasteiger charge is 2.22. The first-order valence-electron chi connectivity index (χ1n) is 8.16. The Bertz CT molecular complexity index is 716. The van der Waals surface area contributed by atoms with Gasteiger partial charge in [-0.3, -0.25) is 0 Å². The molecule has 5 heteroatoms. The molecule has 0 saturated carbocycles. The number of nitrogens with zero attached hydrogens (tertiary/aromatic N) is 2. The highest BCUT2D eigenvalue weighted by Crippen LogP contribution is 2.27. The van der Waals surface area contributed by atoms with E-state index in [0.29, 0.717) is 5.82 Å². The zero-order chi connectivity index (χ0) is 17.9. The maximum absolute atomic E-state index is 13.5. The molecule has 0 aliphatic carbocycles. The van der Waals surface area contributed by atoms with Crippen molar-refractivity contribution in [2.24, 2.45) is 0 Å². The smallest absolute Gasteiger partial charge is 0.419 e. The Kier molecular flexibility index (Phi) is 5.42. The molecule has 0 fully saturated rings. The van der Waals surface area contributed by atoms with Crippen LogP contribution in [0.3, 0.4) is 0 Å². The quantitative estimate of drug-likeness (QED) is 0.792. The molecule has 1 aromatic carbocycles. The van der Waals surface area contributed by atoms with Crippen molar-refractivity contribution in [2.75, 3.05) is 6.61 Å². The van der Waals surface area contributed by atoms with Crippen LogP contribution in [-0.4, -0.2) is 27.9 Å². The van der Waals surface area contributed by atoms with Crippen LogP contribution in [0.15, 0.2) is 30.6 Å². The van der Waals surface area contributed by atoms with Gasteiger partial charge in [0.1, 0.15) is 11.5 Å². The minimum absolute atomic E-state index is 0.0395. The summed E-state index contributed by atoms with van der Waals surface area (Å²) in [5.41, 5.74) is 2.15. The molecular formula is C19H25FN2O2. The maximum Gasteiger partial charge on any atom is 0.419 e. The summed E-state index contributed by atoms with van der Waals surface area (Å²) >= 11 is 0. The molecule has 0 aliphatic rings. The SMILES string of the molecule is Cc1cccc([C@H](C)c2nccn2C(=O)OCCC(C)(C)F)c1C. The van der Waals surface area contributed by atoms with E-state index in [-0.39, 0.29) is 18.9 Å². The second-order valence-electron chi connectivity index (χ2n) is 6.75. The normalized spacial score (nSPS) is 12.9. The Balaban J connectivity index is 2.17. The molecule has 2 aromatic rings. The van der Waals surface area contributed by atoms with Gasteiger partial charge in [-0.1, -0.05) is 25.1 Å². The molecule has 130 valence electrons. The lowest BCUT2D eigenvalue weighted by molar-refractivity contribution is 0.112. The van der Waals surface area contributed by atoms with Gasteiger partial charge in [0.2, 0.25) is 0 Å². The molecule has 1 heterocycles. The molecule has 0 unspecified atom stereocenters. The largest absolute Gasteiger partial charge is 0.449 e. The van der Waals surface area contributed by atoms with Crippen molar-refractivity contribution in [2.45, 2.75) is 52.6 Å². The van der Waals surface area contributed by atoms with E-state index in [1.807, 2.05) is 19.1 Å². The van der Waals surface area contributed by atoms with Crippen LogP contribution in [0.2, 0.25) is 0 Å². The number of hydrogen-bond acceptors (Lipinski definition) is 3. The highest BCUT2D eigenvalue weighted by molar-refractivity contribution is 5.71. The van der Waals surface area contributed by atoms with Gasteiger partial charge in [0, 0.05) is 24.7 Å². The number of aromatic nitrogens is 2. The second-order valence-corrected chi connectivity index (χ2v) is 6.75. The first-order valence-corrected chi connectivity index (χ1v) is 8.16. The summed E-state index contributed by atoms with van der Waals surface area (Å²) in [4.78, 5) is 16.6. The van der Waals surface area contributed by atoms with Crippen LogP contribution in [-0.2, 0) is 4.74 Å². The van der Waals surface area contributed by atoms with Crippen molar-refractivity contribution < 1.29 is 13.9 Å². The van der Waals surface area contributed by atoms with E-state index in [1.165, 1.54) is 29.5 Å². The summed E-state index contributed by atoms with van der Waals surface area (Å²) in [6, 6.07) is 6.11. The van der Waals surface area contributed by atoms with E-state index in [1.54, 1.807) is 12.4 Å². The predicted molar refractivity (Wildman–Crippen MR) is 92.2 cm³/mol. The van der Waals surface area contributed by atoms with E-state index in [0.717, 1.165) is 5.56 Å². The van der Waals surface area contributed by atoms with Crippen LogP contribution < -0.4 is 0 Å². The minimum atomic E-state index is -1.36. The molecule has 2 rings (SSSR count). The first-order chi connectivity index (χ1) is 11.2. The Morgan fingerprint density at radius 2 is 2.08 bits per heavy atom. The number of rotatable bonds is 5. The van der Waals surface area contributed by atoms with Crippen LogP contribution in [0.1, 0.15) is 55.6 Å². The summed E-state index contributed by atoms with van der Waals surface area (Å²) in [5.74, 6) is 0.568. The number of ether oxygens (including phenoxy) is 1. The Hall–Kier alpha value is -2.17. The van der Waals surface area contributed by atoms with Crippen molar-refractivity contribution in [3.8, 4) is 0 Å². The van der Waals surface area contributed by atoms with Gasteiger partial charge in [-0.2, -0.15) is 0 Å². The Morgan fingerprint density at radius 3 is 2.75 bits per heavy atom. The number of carbonyl (C=O) groups excluding carboxylic acids is 1. The summed E-state index contributed by atoms with van der Waals surface area (Å²) in [6.07, 6.45) is 2.80. The number of alkyl halides is 1. The number of carbonyl (C=O) groups is 1. The van der Waals surface area contributed by atoms with Gasteiger partial charge in [-0.25, -0.2) is 18.7 Å². The monoisotopic (exact) mass is 332 g/mol. The molecule has 0 radical (unpaired) electrons. The molecule has 0 saturated heterocycles. The molecule has 1 aromatic heterocycles. The number of hydrogen-bond donors (Lipinski definition) is 0. The third kappa shape index (κ3) is 4.22. The van der Waals surface area contributed by atoms with Gasteiger partial charge < -0.3 is 4.74 Å². The fraction of sp³-hybridized carbons (Fsp3) is 0.474. The van der Waals surface area contributed by atoms with Crippen molar-refractivity contribution in [3.63, 3.8) is 0 Å². The third-order valence-electron chi connectivity index (χ3n) is 4.29. The summed E-state index contributed by atoms with van der Waals surface area (Å²) in [6.45, 7) is 9.11. The zero-order valence-electron chi connectivity index (χ0n) is 15.0. The molecular weight excluding hydrogens is 307 g/mol. The summed E-state index contributed by atoms with van der Waals surface area (Å²) in [5, 5.41) is 0. The molecule has 0 bridgehead atoms. The molecule has 0 spiro atoms. The topological polar surface area (TPSA) is 44.1 Å². The van der Waals surface area contributed by atoms with Gasteiger partial charge >= 0.3 is 6.09 Å². The average molecular weight is 332 g/mol. The lowest BCUT2D eigenvalue weighted by atomic mass is 9.93. The fourth-order valence-corrected chi connectivity index (χ4v) is 2.62. The maximum atomic E-state index is 13.5. The van der Waals surface area contributed by atoms with Crippen LogP contribution in [0, 0.1) is 13.8 Å². The lowest BCUT2D eigenvalue weighted by Gasteiger charge is -2.18. The van der Waals surface area contributed by atoms with Gasteiger partial charge in [-0.05, 0) is 44.4 Å². The average Bonchev–Trinajstić information content (AvgIpc) is 2.97. The van der Waals surface area contributed by atoms with Crippen molar-refractivity contribution in [1.29, 1.82) is 0 Å². The second kappa shape index (κ2) is 7.16. The van der Waals surface area contributed by atoms with Crippen LogP contribution in [0.5, 0.6) is 0 Å². The van der Waals surface area contributed by atoms with E-state index in [9.17, 15) is 9.18 Å². The number of aryl methyl sites for hydroxylation is 1.